The number of aliphatic hydroxyl groups excluding tert-OH is 1. The molecule has 25 heavy (non-hydrogen) atoms. The van der Waals surface area contributed by atoms with Crippen LogP contribution in [-0.2, 0) is 4.79 Å². The van der Waals surface area contributed by atoms with E-state index in [4.69, 9.17) is 10.8 Å². The first-order chi connectivity index (χ1) is 11.9. The molecule has 1 aromatic heterocycles. The highest BCUT2D eigenvalue weighted by Gasteiger charge is 2.59. The predicted octanol–water partition coefficient (Wildman–Crippen LogP) is 3.48. The number of aryl methyl sites for hydroxylation is 1. The van der Waals surface area contributed by atoms with Crippen molar-refractivity contribution in [3.63, 3.8) is 0 Å². The van der Waals surface area contributed by atoms with Crippen molar-refractivity contribution in [1.82, 2.24) is 4.98 Å². The Balaban J connectivity index is 1.40. The molecule has 2 aromatic rings. The number of fused-ring (bicyclic) bond motifs is 1. The normalized spacial score (nSPS) is 28.6. The topological polar surface area (TPSA) is 96.4 Å². The molecule has 5 nitrogen and oxygen atoms in total. The maximum absolute atomic E-state index is 11.0. The van der Waals surface area contributed by atoms with Crippen LogP contribution in [0.4, 0.5) is 5.69 Å². The van der Waals surface area contributed by atoms with Crippen LogP contribution in [0.2, 0.25) is 0 Å². The lowest BCUT2D eigenvalue weighted by atomic mass is 9.94. The SMILES string of the molecule is Cc1cc(N)cc(-c2cnc(C(O)CC3CC4C(C3)C4C(=O)O)s2)c1. The summed E-state index contributed by atoms with van der Waals surface area (Å²) in [6, 6.07) is 5.92. The van der Waals surface area contributed by atoms with Gasteiger partial charge in [-0.25, -0.2) is 4.98 Å². The number of rotatable bonds is 5. The zero-order chi connectivity index (χ0) is 17.7. The van der Waals surface area contributed by atoms with Gasteiger partial charge in [0.15, 0.2) is 0 Å². The third-order valence-electron chi connectivity index (χ3n) is 5.58. The van der Waals surface area contributed by atoms with E-state index in [1.165, 1.54) is 11.3 Å². The van der Waals surface area contributed by atoms with Gasteiger partial charge >= 0.3 is 5.97 Å². The molecule has 3 atom stereocenters. The maximum Gasteiger partial charge on any atom is 0.307 e. The third-order valence-corrected chi connectivity index (χ3v) is 6.72. The highest BCUT2D eigenvalue weighted by atomic mass is 32.1. The number of hydrogen-bond donors (Lipinski definition) is 3. The molecule has 0 radical (unpaired) electrons. The van der Waals surface area contributed by atoms with Gasteiger partial charge in [0.25, 0.3) is 0 Å². The molecule has 0 saturated heterocycles. The second-order valence-corrected chi connectivity index (χ2v) is 8.54. The Morgan fingerprint density at radius 1 is 1.36 bits per heavy atom. The number of aliphatic hydroxyl groups is 1. The van der Waals surface area contributed by atoms with Gasteiger partial charge in [0, 0.05) is 11.9 Å². The van der Waals surface area contributed by atoms with Crippen LogP contribution < -0.4 is 5.73 Å². The highest BCUT2D eigenvalue weighted by Crippen LogP contribution is 2.60. The molecule has 1 aromatic carbocycles. The van der Waals surface area contributed by atoms with Gasteiger partial charge in [-0.3, -0.25) is 4.79 Å². The number of hydrogen-bond acceptors (Lipinski definition) is 5. The Labute approximate surface area is 150 Å². The van der Waals surface area contributed by atoms with Crippen LogP contribution in [0, 0.1) is 30.6 Å². The number of thiazole rings is 1. The summed E-state index contributed by atoms with van der Waals surface area (Å²) in [5, 5.41) is 20.3. The van der Waals surface area contributed by atoms with Crippen molar-refractivity contribution in [2.24, 2.45) is 23.7 Å². The van der Waals surface area contributed by atoms with Gasteiger partial charge in [0.1, 0.15) is 11.1 Å². The summed E-state index contributed by atoms with van der Waals surface area (Å²) in [5.41, 5.74) is 8.77. The van der Waals surface area contributed by atoms with Crippen LogP contribution in [0.1, 0.15) is 35.9 Å². The minimum atomic E-state index is -0.656. The molecule has 4 N–H and O–H groups in total. The fourth-order valence-corrected chi connectivity index (χ4v) is 5.36. The molecule has 2 aliphatic rings. The van der Waals surface area contributed by atoms with E-state index in [2.05, 4.69) is 11.1 Å². The molecular formula is C19H22N2O3S. The molecule has 1 heterocycles. The molecule has 2 aliphatic carbocycles. The number of carboxylic acids is 1. The quantitative estimate of drug-likeness (QED) is 0.711. The van der Waals surface area contributed by atoms with Crippen LogP contribution in [-0.4, -0.2) is 21.2 Å². The largest absolute Gasteiger partial charge is 0.481 e. The number of carboxylic acid groups (broad SMARTS) is 1. The maximum atomic E-state index is 11.0. The Hall–Kier alpha value is -1.92. The minimum Gasteiger partial charge on any atom is -0.481 e. The minimum absolute atomic E-state index is 0.133. The highest BCUT2D eigenvalue weighted by molar-refractivity contribution is 7.15. The van der Waals surface area contributed by atoms with E-state index in [-0.39, 0.29) is 5.92 Å². The molecule has 0 bridgehead atoms. The number of nitrogens with zero attached hydrogens (tertiary/aromatic N) is 1. The van der Waals surface area contributed by atoms with Crippen molar-refractivity contribution in [3.8, 4) is 10.4 Å². The number of carbonyl (C=O) groups is 1. The lowest BCUT2D eigenvalue weighted by molar-refractivity contribution is -0.139. The van der Waals surface area contributed by atoms with Gasteiger partial charge in [0.05, 0.1) is 10.8 Å². The molecule has 0 spiro atoms. The van der Waals surface area contributed by atoms with E-state index in [9.17, 15) is 9.90 Å². The zero-order valence-corrected chi connectivity index (χ0v) is 14.9. The molecule has 0 amide bonds. The average molecular weight is 358 g/mol. The van der Waals surface area contributed by atoms with Gasteiger partial charge < -0.3 is 15.9 Å². The first-order valence-electron chi connectivity index (χ1n) is 8.66. The third kappa shape index (κ3) is 3.16. The van der Waals surface area contributed by atoms with E-state index < -0.39 is 12.1 Å². The van der Waals surface area contributed by atoms with E-state index in [1.807, 2.05) is 19.1 Å². The first kappa shape index (κ1) is 16.5. The molecule has 132 valence electrons. The average Bonchev–Trinajstić information content (AvgIpc) is 2.90. The Bertz CT molecular complexity index is 787. The number of aliphatic carboxylic acids is 1. The van der Waals surface area contributed by atoms with Crippen LogP contribution in [0.3, 0.4) is 0 Å². The monoisotopic (exact) mass is 358 g/mol. The van der Waals surface area contributed by atoms with Crippen LogP contribution in [0.5, 0.6) is 0 Å². The molecule has 4 rings (SSSR count). The van der Waals surface area contributed by atoms with Crippen molar-refractivity contribution in [3.05, 3.63) is 35.0 Å². The molecule has 3 unspecified atom stereocenters. The Kier molecular flexibility index (Phi) is 4.04. The van der Waals surface area contributed by atoms with E-state index in [0.29, 0.717) is 24.2 Å². The summed E-state index contributed by atoms with van der Waals surface area (Å²) >= 11 is 1.50. The van der Waals surface area contributed by atoms with Gasteiger partial charge in [-0.1, -0.05) is 6.07 Å². The van der Waals surface area contributed by atoms with Crippen molar-refractivity contribution < 1.29 is 15.0 Å². The second kappa shape index (κ2) is 6.11. The molecular weight excluding hydrogens is 336 g/mol. The number of aromatic nitrogens is 1. The molecule has 0 aliphatic heterocycles. The fraction of sp³-hybridized carbons (Fsp3) is 0.474. The smallest absolute Gasteiger partial charge is 0.307 e. The lowest BCUT2D eigenvalue weighted by Crippen LogP contribution is -2.11. The summed E-state index contributed by atoms with van der Waals surface area (Å²) in [6.07, 6.45) is 3.73. The first-order valence-corrected chi connectivity index (χ1v) is 9.48. The Morgan fingerprint density at radius 3 is 2.72 bits per heavy atom. The predicted molar refractivity (Wildman–Crippen MR) is 97.1 cm³/mol. The van der Waals surface area contributed by atoms with E-state index in [0.717, 1.165) is 39.5 Å². The van der Waals surface area contributed by atoms with Crippen LogP contribution in [0.25, 0.3) is 10.4 Å². The fourth-order valence-electron chi connectivity index (χ4n) is 4.46. The molecule has 2 saturated carbocycles. The van der Waals surface area contributed by atoms with Crippen molar-refractivity contribution in [2.75, 3.05) is 5.73 Å². The van der Waals surface area contributed by atoms with Gasteiger partial charge in [-0.15, -0.1) is 11.3 Å². The number of anilines is 1. The summed E-state index contributed by atoms with van der Waals surface area (Å²) in [4.78, 5) is 16.4. The van der Waals surface area contributed by atoms with Gasteiger partial charge in [-0.05, 0) is 67.2 Å². The molecule has 2 fully saturated rings. The number of nitrogens with two attached hydrogens (primary N) is 1. The summed E-state index contributed by atoms with van der Waals surface area (Å²) < 4.78 is 0. The molecule has 6 heteroatoms. The summed E-state index contributed by atoms with van der Waals surface area (Å²) in [7, 11) is 0. The summed E-state index contributed by atoms with van der Waals surface area (Å²) in [6.45, 7) is 2.01. The second-order valence-electron chi connectivity index (χ2n) is 7.48. The van der Waals surface area contributed by atoms with Gasteiger partial charge in [-0.2, -0.15) is 0 Å². The van der Waals surface area contributed by atoms with Crippen LogP contribution in [0.15, 0.2) is 24.4 Å². The van der Waals surface area contributed by atoms with Gasteiger partial charge in [0.2, 0.25) is 0 Å². The number of nitrogen functional groups attached to an aromatic ring is 1. The van der Waals surface area contributed by atoms with Crippen molar-refractivity contribution in [2.45, 2.75) is 32.3 Å². The number of benzene rings is 1. The van der Waals surface area contributed by atoms with Crippen LogP contribution >= 0.6 is 11.3 Å². The van der Waals surface area contributed by atoms with Crippen molar-refractivity contribution in [1.29, 1.82) is 0 Å². The van der Waals surface area contributed by atoms with E-state index in [1.54, 1.807) is 6.20 Å². The standard InChI is InChI=1S/C19H22N2O3S/c1-9-2-11(7-12(20)3-9)16-8-21-18(25-16)15(22)6-10-4-13-14(5-10)17(13)19(23)24/h2-3,7-8,10,13-15,17,22H,4-6,20H2,1H3,(H,23,24). The summed E-state index contributed by atoms with van der Waals surface area (Å²) in [5.74, 6) is 0.277. The Morgan fingerprint density at radius 2 is 2.08 bits per heavy atom. The van der Waals surface area contributed by atoms with Crippen molar-refractivity contribution >= 4 is 23.0 Å². The lowest BCUT2D eigenvalue weighted by Gasteiger charge is -2.16. The van der Waals surface area contributed by atoms with E-state index >= 15 is 0 Å². The zero-order valence-electron chi connectivity index (χ0n) is 14.1.